The van der Waals surface area contributed by atoms with E-state index in [0.717, 1.165) is 16.7 Å². The Hall–Kier alpha value is -1.58. The van der Waals surface area contributed by atoms with Crippen molar-refractivity contribution in [1.29, 1.82) is 0 Å². The van der Waals surface area contributed by atoms with Gasteiger partial charge in [0.25, 0.3) is 0 Å². The predicted molar refractivity (Wildman–Crippen MR) is 74.8 cm³/mol. The SMILES string of the molecule is Cc1cc(F)ccc1COc1ccc(CN)cc1Cl. The molecular weight excluding hydrogens is 265 g/mol. The van der Waals surface area contributed by atoms with Crippen molar-refractivity contribution < 1.29 is 9.13 Å². The molecule has 0 aromatic heterocycles. The highest BCUT2D eigenvalue weighted by atomic mass is 35.5. The highest BCUT2D eigenvalue weighted by Gasteiger charge is 2.05. The largest absolute Gasteiger partial charge is 0.487 e. The number of hydrogen-bond acceptors (Lipinski definition) is 2. The third kappa shape index (κ3) is 3.46. The van der Waals surface area contributed by atoms with Crippen molar-refractivity contribution in [2.45, 2.75) is 20.1 Å². The monoisotopic (exact) mass is 279 g/mol. The summed E-state index contributed by atoms with van der Waals surface area (Å²) in [6, 6.07) is 10.1. The third-order valence-corrected chi connectivity index (χ3v) is 3.22. The van der Waals surface area contributed by atoms with Crippen LogP contribution in [0.4, 0.5) is 4.39 Å². The summed E-state index contributed by atoms with van der Waals surface area (Å²) >= 11 is 6.10. The number of aryl methyl sites for hydroxylation is 1. The van der Waals surface area contributed by atoms with Crippen LogP contribution in [-0.2, 0) is 13.2 Å². The van der Waals surface area contributed by atoms with Crippen LogP contribution in [0.5, 0.6) is 5.75 Å². The van der Waals surface area contributed by atoms with Crippen LogP contribution in [0, 0.1) is 12.7 Å². The number of benzene rings is 2. The van der Waals surface area contributed by atoms with Gasteiger partial charge in [-0.1, -0.05) is 23.7 Å². The second-order valence-electron chi connectivity index (χ2n) is 4.33. The van der Waals surface area contributed by atoms with E-state index in [1.54, 1.807) is 18.2 Å². The van der Waals surface area contributed by atoms with Crippen molar-refractivity contribution in [3.63, 3.8) is 0 Å². The van der Waals surface area contributed by atoms with Crippen molar-refractivity contribution >= 4 is 11.6 Å². The Kier molecular flexibility index (Phi) is 4.40. The molecule has 100 valence electrons. The molecule has 0 unspecified atom stereocenters. The molecule has 0 aliphatic heterocycles. The number of nitrogens with two attached hydrogens (primary N) is 1. The minimum Gasteiger partial charge on any atom is -0.487 e. The van der Waals surface area contributed by atoms with Crippen LogP contribution in [0.15, 0.2) is 36.4 Å². The number of rotatable bonds is 4. The Morgan fingerprint density at radius 2 is 2.00 bits per heavy atom. The summed E-state index contributed by atoms with van der Waals surface area (Å²) in [5.41, 5.74) is 8.27. The molecule has 0 atom stereocenters. The summed E-state index contributed by atoms with van der Waals surface area (Å²) in [4.78, 5) is 0. The lowest BCUT2D eigenvalue weighted by Gasteiger charge is -2.11. The van der Waals surface area contributed by atoms with Crippen LogP contribution in [-0.4, -0.2) is 0 Å². The van der Waals surface area contributed by atoms with Crippen LogP contribution < -0.4 is 10.5 Å². The molecule has 2 aromatic carbocycles. The zero-order valence-electron chi connectivity index (χ0n) is 10.6. The van der Waals surface area contributed by atoms with E-state index >= 15 is 0 Å². The smallest absolute Gasteiger partial charge is 0.138 e. The van der Waals surface area contributed by atoms with Crippen molar-refractivity contribution in [3.8, 4) is 5.75 Å². The van der Waals surface area contributed by atoms with Crippen LogP contribution in [0.2, 0.25) is 5.02 Å². The fraction of sp³-hybridized carbons (Fsp3) is 0.200. The van der Waals surface area contributed by atoms with Crippen LogP contribution in [0.3, 0.4) is 0 Å². The Morgan fingerprint density at radius 1 is 1.21 bits per heavy atom. The summed E-state index contributed by atoms with van der Waals surface area (Å²) in [7, 11) is 0. The quantitative estimate of drug-likeness (QED) is 0.923. The van der Waals surface area contributed by atoms with Gasteiger partial charge >= 0.3 is 0 Å². The van der Waals surface area contributed by atoms with E-state index in [9.17, 15) is 4.39 Å². The first-order valence-electron chi connectivity index (χ1n) is 5.96. The molecule has 0 saturated heterocycles. The predicted octanol–water partition coefficient (Wildman–Crippen LogP) is 3.83. The van der Waals surface area contributed by atoms with E-state index in [1.807, 2.05) is 13.0 Å². The molecule has 0 aliphatic carbocycles. The maximum absolute atomic E-state index is 13.0. The van der Waals surface area contributed by atoms with Crippen molar-refractivity contribution in [2.75, 3.05) is 0 Å². The molecule has 0 radical (unpaired) electrons. The Bertz CT molecular complexity index is 586. The standard InChI is InChI=1S/C15H15ClFNO/c1-10-6-13(17)4-3-12(10)9-19-15-5-2-11(8-18)7-14(15)16/h2-7H,8-9,18H2,1H3. The lowest BCUT2D eigenvalue weighted by atomic mass is 10.1. The van der Waals surface area contributed by atoms with E-state index in [2.05, 4.69) is 0 Å². The molecule has 0 saturated carbocycles. The van der Waals surface area contributed by atoms with Crippen molar-refractivity contribution in [3.05, 3.63) is 63.9 Å². The molecule has 2 aromatic rings. The van der Waals surface area contributed by atoms with Gasteiger partial charge in [0.05, 0.1) is 5.02 Å². The van der Waals surface area contributed by atoms with Gasteiger partial charge in [-0.25, -0.2) is 4.39 Å². The molecule has 2 N–H and O–H groups in total. The first-order chi connectivity index (χ1) is 9.10. The maximum atomic E-state index is 13.0. The van der Waals surface area contributed by atoms with E-state index < -0.39 is 0 Å². The van der Waals surface area contributed by atoms with Gasteiger partial charge in [0.1, 0.15) is 18.2 Å². The zero-order valence-corrected chi connectivity index (χ0v) is 11.4. The molecule has 0 heterocycles. The van der Waals surface area contributed by atoms with Crippen molar-refractivity contribution in [2.24, 2.45) is 5.73 Å². The molecule has 19 heavy (non-hydrogen) atoms. The second-order valence-corrected chi connectivity index (χ2v) is 4.74. The minimum absolute atomic E-state index is 0.244. The van der Waals surface area contributed by atoms with Gasteiger partial charge in [-0.05, 0) is 47.9 Å². The van der Waals surface area contributed by atoms with Gasteiger partial charge in [0, 0.05) is 6.54 Å². The second kappa shape index (κ2) is 6.04. The Morgan fingerprint density at radius 3 is 2.63 bits per heavy atom. The molecule has 0 amide bonds. The molecule has 2 nitrogen and oxygen atoms in total. The van der Waals surface area contributed by atoms with E-state index in [1.165, 1.54) is 12.1 Å². The molecule has 4 heteroatoms. The summed E-state index contributed by atoms with van der Waals surface area (Å²) in [6.07, 6.45) is 0. The number of halogens is 2. The summed E-state index contributed by atoms with van der Waals surface area (Å²) in [5, 5.41) is 0.530. The van der Waals surface area contributed by atoms with Gasteiger partial charge in [0.15, 0.2) is 0 Å². The van der Waals surface area contributed by atoms with E-state index in [-0.39, 0.29) is 5.82 Å². The van der Waals surface area contributed by atoms with Crippen molar-refractivity contribution in [1.82, 2.24) is 0 Å². The third-order valence-electron chi connectivity index (χ3n) is 2.92. The summed E-state index contributed by atoms with van der Waals surface area (Å²) in [6.45, 7) is 2.64. The normalized spacial score (nSPS) is 10.5. The average Bonchev–Trinajstić information content (AvgIpc) is 2.39. The zero-order chi connectivity index (χ0) is 13.8. The lowest BCUT2D eigenvalue weighted by molar-refractivity contribution is 0.305. The van der Waals surface area contributed by atoms with Crippen LogP contribution >= 0.6 is 11.6 Å². The maximum Gasteiger partial charge on any atom is 0.138 e. The van der Waals surface area contributed by atoms with Gasteiger partial charge in [-0.3, -0.25) is 0 Å². The topological polar surface area (TPSA) is 35.2 Å². The Labute approximate surface area is 117 Å². The molecular formula is C15H15ClFNO. The summed E-state index contributed by atoms with van der Waals surface area (Å²) < 4.78 is 18.6. The van der Waals surface area contributed by atoms with Gasteiger partial charge < -0.3 is 10.5 Å². The highest BCUT2D eigenvalue weighted by molar-refractivity contribution is 6.32. The summed E-state index contributed by atoms with van der Waals surface area (Å²) in [5.74, 6) is 0.356. The molecule has 2 rings (SSSR count). The van der Waals surface area contributed by atoms with Gasteiger partial charge in [-0.2, -0.15) is 0 Å². The van der Waals surface area contributed by atoms with Crippen LogP contribution in [0.25, 0.3) is 0 Å². The lowest BCUT2D eigenvalue weighted by Crippen LogP contribution is -2.00. The van der Waals surface area contributed by atoms with E-state index in [4.69, 9.17) is 22.1 Å². The van der Waals surface area contributed by atoms with E-state index in [0.29, 0.717) is 23.9 Å². The number of ether oxygens (including phenoxy) is 1. The highest BCUT2D eigenvalue weighted by Crippen LogP contribution is 2.26. The fourth-order valence-electron chi connectivity index (χ4n) is 1.77. The molecule has 0 aliphatic rings. The molecule has 0 fully saturated rings. The molecule has 0 bridgehead atoms. The average molecular weight is 280 g/mol. The minimum atomic E-state index is -0.244. The fourth-order valence-corrected chi connectivity index (χ4v) is 2.02. The van der Waals surface area contributed by atoms with Gasteiger partial charge in [-0.15, -0.1) is 0 Å². The number of hydrogen-bond donors (Lipinski definition) is 1. The Balaban J connectivity index is 2.10. The first kappa shape index (κ1) is 13.8. The first-order valence-corrected chi connectivity index (χ1v) is 6.34. The van der Waals surface area contributed by atoms with Gasteiger partial charge in [0.2, 0.25) is 0 Å². The molecule has 0 spiro atoms. The van der Waals surface area contributed by atoms with Crippen LogP contribution in [0.1, 0.15) is 16.7 Å².